The van der Waals surface area contributed by atoms with Gasteiger partial charge in [-0.2, -0.15) is 5.10 Å². The molecule has 0 spiro atoms. The predicted octanol–water partition coefficient (Wildman–Crippen LogP) is 0.479. The molecule has 1 aromatic rings. The highest BCUT2D eigenvalue weighted by molar-refractivity contribution is 5.82. The smallest absolute Gasteiger partial charge is 0.241 e. The Balaban J connectivity index is 3.02. The van der Waals surface area contributed by atoms with E-state index in [1.807, 2.05) is 25.8 Å². The molecule has 2 N–H and O–H groups in total. The Hall–Kier alpha value is -1.72. The van der Waals surface area contributed by atoms with Gasteiger partial charge in [0.2, 0.25) is 5.91 Å². The molecule has 0 saturated carbocycles. The number of nitrogens with zero attached hydrogens (tertiary/aromatic N) is 4. The zero-order chi connectivity index (χ0) is 13.9. The molecule has 1 rings (SSSR count). The van der Waals surface area contributed by atoms with Gasteiger partial charge in [-0.25, -0.2) is 0 Å². The van der Waals surface area contributed by atoms with Crippen LogP contribution in [0, 0.1) is 0 Å². The number of amides is 1. The highest BCUT2D eigenvalue weighted by Crippen LogP contribution is 2.26. The van der Waals surface area contributed by atoms with Crippen LogP contribution in [0.1, 0.15) is 19.5 Å². The molecule has 6 heteroatoms. The molecule has 0 aliphatic heterocycles. The molecule has 0 fully saturated rings. The van der Waals surface area contributed by atoms with Gasteiger partial charge in [0.25, 0.3) is 0 Å². The second-order valence-corrected chi connectivity index (χ2v) is 4.46. The number of nitrogens with two attached hydrogens (primary N) is 1. The summed E-state index contributed by atoms with van der Waals surface area (Å²) < 4.78 is 1.75. The van der Waals surface area contributed by atoms with Crippen LogP contribution in [0.2, 0.25) is 0 Å². The summed E-state index contributed by atoms with van der Waals surface area (Å²) in [7, 11) is 5.36. The van der Waals surface area contributed by atoms with E-state index in [-0.39, 0.29) is 5.91 Å². The Kier molecular flexibility index (Phi) is 4.58. The Bertz CT molecular complexity index is 424. The third-order valence-corrected chi connectivity index (χ3v) is 2.97. The maximum Gasteiger partial charge on any atom is 0.241 e. The van der Waals surface area contributed by atoms with E-state index in [2.05, 4.69) is 5.10 Å². The maximum atomic E-state index is 11.8. The number of rotatable bonds is 5. The topological polar surface area (TPSA) is 67.4 Å². The van der Waals surface area contributed by atoms with Crippen molar-refractivity contribution in [3.05, 3.63) is 5.69 Å². The normalized spacial score (nSPS) is 10.5. The zero-order valence-electron chi connectivity index (χ0n) is 11.9. The molecule has 1 amide bonds. The van der Waals surface area contributed by atoms with Gasteiger partial charge in [0, 0.05) is 27.7 Å². The number of aromatic nitrogens is 2. The number of hydrogen-bond acceptors (Lipinski definition) is 4. The highest BCUT2D eigenvalue weighted by atomic mass is 16.2. The van der Waals surface area contributed by atoms with Crippen molar-refractivity contribution in [1.29, 1.82) is 0 Å². The second kappa shape index (κ2) is 5.75. The molecule has 1 aromatic heterocycles. The Morgan fingerprint density at radius 3 is 2.39 bits per heavy atom. The Morgan fingerprint density at radius 1 is 1.39 bits per heavy atom. The van der Waals surface area contributed by atoms with Gasteiger partial charge in [0.15, 0.2) is 5.82 Å². The molecule has 18 heavy (non-hydrogen) atoms. The summed E-state index contributed by atoms with van der Waals surface area (Å²) in [6.07, 6.45) is 0.791. The second-order valence-electron chi connectivity index (χ2n) is 4.46. The van der Waals surface area contributed by atoms with Crippen LogP contribution in [0.4, 0.5) is 11.5 Å². The number of nitrogen functional groups attached to an aromatic ring is 1. The summed E-state index contributed by atoms with van der Waals surface area (Å²) in [5.41, 5.74) is 7.65. The molecule has 102 valence electrons. The van der Waals surface area contributed by atoms with Crippen molar-refractivity contribution < 1.29 is 4.79 Å². The Labute approximate surface area is 108 Å². The van der Waals surface area contributed by atoms with Crippen molar-refractivity contribution >= 4 is 17.4 Å². The fourth-order valence-electron chi connectivity index (χ4n) is 1.86. The minimum atomic E-state index is 0.0514. The summed E-state index contributed by atoms with van der Waals surface area (Å²) in [5, 5.41) is 4.37. The monoisotopic (exact) mass is 253 g/mol. The van der Waals surface area contributed by atoms with Crippen molar-refractivity contribution in [2.45, 2.75) is 20.3 Å². The van der Waals surface area contributed by atoms with Crippen molar-refractivity contribution in [1.82, 2.24) is 14.7 Å². The van der Waals surface area contributed by atoms with E-state index < -0.39 is 0 Å². The lowest BCUT2D eigenvalue weighted by atomic mass is 10.3. The minimum absolute atomic E-state index is 0.0514. The van der Waals surface area contributed by atoms with Gasteiger partial charge in [-0.05, 0) is 13.3 Å². The predicted molar refractivity (Wildman–Crippen MR) is 73.6 cm³/mol. The first-order chi connectivity index (χ1) is 8.42. The van der Waals surface area contributed by atoms with Crippen LogP contribution < -0.4 is 10.6 Å². The van der Waals surface area contributed by atoms with E-state index >= 15 is 0 Å². The lowest BCUT2D eigenvalue weighted by molar-refractivity contribution is -0.127. The van der Waals surface area contributed by atoms with Crippen molar-refractivity contribution in [2.75, 3.05) is 37.8 Å². The molecule has 0 aliphatic carbocycles. The molecule has 0 radical (unpaired) electrons. The molecule has 1 heterocycles. The minimum Gasteiger partial charge on any atom is -0.394 e. The van der Waals surface area contributed by atoms with E-state index in [9.17, 15) is 4.79 Å². The summed E-state index contributed by atoms with van der Waals surface area (Å²) in [4.78, 5) is 15.3. The summed E-state index contributed by atoms with van der Waals surface area (Å²) in [6, 6.07) is 0. The molecule has 0 unspecified atom stereocenters. The van der Waals surface area contributed by atoms with Crippen LogP contribution in [0.3, 0.4) is 0 Å². The molecule has 0 bridgehead atoms. The summed E-state index contributed by atoms with van der Waals surface area (Å²) >= 11 is 0. The summed E-state index contributed by atoms with van der Waals surface area (Å²) in [6.45, 7) is 5.05. The number of carbonyl (C=O) groups is 1. The lowest BCUT2D eigenvalue weighted by Gasteiger charge is -2.24. The van der Waals surface area contributed by atoms with E-state index in [0.29, 0.717) is 18.8 Å². The highest BCUT2D eigenvalue weighted by Gasteiger charge is 2.20. The molecular weight excluding hydrogens is 230 g/mol. The number of likely N-dealkylation sites (N-methyl/N-ethyl adjacent to an activating group) is 2. The van der Waals surface area contributed by atoms with Crippen LogP contribution in [-0.4, -0.2) is 47.8 Å². The average Bonchev–Trinajstić information content (AvgIpc) is 2.61. The standard InChI is InChI=1S/C12H23N5O/c1-6-9-11(13)12(16(5)14-9)17(7-2)8-10(18)15(3)4/h6-8,13H2,1-5H3. The molecule has 0 atom stereocenters. The van der Waals surface area contributed by atoms with Crippen molar-refractivity contribution in [3.8, 4) is 0 Å². The van der Waals surface area contributed by atoms with Crippen molar-refractivity contribution in [3.63, 3.8) is 0 Å². The first-order valence-corrected chi connectivity index (χ1v) is 6.18. The zero-order valence-corrected chi connectivity index (χ0v) is 11.9. The van der Waals surface area contributed by atoms with E-state index in [0.717, 1.165) is 17.9 Å². The average molecular weight is 253 g/mol. The number of carbonyl (C=O) groups excluding carboxylic acids is 1. The third-order valence-electron chi connectivity index (χ3n) is 2.97. The maximum absolute atomic E-state index is 11.8. The molecule has 0 aliphatic rings. The van der Waals surface area contributed by atoms with Gasteiger partial charge >= 0.3 is 0 Å². The van der Waals surface area contributed by atoms with Crippen LogP contribution in [0.15, 0.2) is 0 Å². The van der Waals surface area contributed by atoms with Gasteiger partial charge in [0.1, 0.15) is 0 Å². The molecular formula is C12H23N5O. The molecule has 0 aromatic carbocycles. The lowest BCUT2D eigenvalue weighted by Crippen LogP contribution is -2.37. The van der Waals surface area contributed by atoms with Crippen LogP contribution in [0.25, 0.3) is 0 Å². The van der Waals surface area contributed by atoms with E-state index in [4.69, 9.17) is 5.73 Å². The van der Waals surface area contributed by atoms with Crippen LogP contribution >= 0.6 is 0 Å². The number of anilines is 2. The SMILES string of the molecule is CCc1nn(C)c(N(CC)CC(=O)N(C)C)c1N. The quantitative estimate of drug-likeness (QED) is 0.829. The summed E-state index contributed by atoms with van der Waals surface area (Å²) in [5.74, 6) is 0.875. The van der Waals surface area contributed by atoms with Gasteiger partial charge in [0.05, 0.1) is 17.9 Å². The molecule has 6 nitrogen and oxygen atoms in total. The van der Waals surface area contributed by atoms with Crippen LogP contribution in [0.5, 0.6) is 0 Å². The largest absolute Gasteiger partial charge is 0.394 e. The Morgan fingerprint density at radius 2 is 2.00 bits per heavy atom. The van der Waals surface area contributed by atoms with Gasteiger partial charge in [-0.15, -0.1) is 0 Å². The van der Waals surface area contributed by atoms with Gasteiger partial charge < -0.3 is 15.5 Å². The first kappa shape index (κ1) is 14.3. The number of hydrogen-bond donors (Lipinski definition) is 1. The van der Waals surface area contributed by atoms with E-state index in [1.165, 1.54) is 0 Å². The van der Waals surface area contributed by atoms with Gasteiger partial charge in [-0.1, -0.05) is 6.92 Å². The fraction of sp³-hybridized carbons (Fsp3) is 0.667. The fourth-order valence-corrected chi connectivity index (χ4v) is 1.86. The van der Waals surface area contributed by atoms with Gasteiger partial charge in [-0.3, -0.25) is 9.48 Å². The third kappa shape index (κ3) is 2.75. The first-order valence-electron chi connectivity index (χ1n) is 6.18. The van der Waals surface area contributed by atoms with Crippen molar-refractivity contribution in [2.24, 2.45) is 7.05 Å². The van der Waals surface area contributed by atoms with Crippen LogP contribution in [-0.2, 0) is 18.3 Å². The molecule has 0 saturated heterocycles. The number of aryl methyl sites for hydroxylation is 2. The van der Waals surface area contributed by atoms with E-state index in [1.54, 1.807) is 23.7 Å².